The largest absolute Gasteiger partial charge is 0.310 e. The second-order valence-corrected chi connectivity index (χ2v) is 11.4. The van der Waals surface area contributed by atoms with Crippen molar-refractivity contribution in [3.63, 3.8) is 0 Å². The Morgan fingerprint density at radius 1 is 0.311 bits per heavy atom. The number of fused-ring (bicyclic) bond motifs is 2. The lowest BCUT2D eigenvalue weighted by molar-refractivity contribution is 1.29. The number of para-hydroxylation sites is 1. The second kappa shape index (κ2) is 11.6. The summed E-state index contributed by atoms with van der Waals surface area (Å²) in [6, 6.07) is 67.8. The van der Waals surface area contributed by atoms with Gasteiger partial charge in [0.05, 0.1) is 5.69 Å². The van der Waals surface area contributed by atoms with Crippen molar-refractivity contribution in [3.05, 3.63) is 188 Å². The van der Waals surface area contributed by atoms with Gasteiger partial charge in [0, 0.05) is 16.9 Å². The summed E-state index contributed by atoms with van der Waals surface area (Å²) < 4.78 is 0. The highest BCUT2D eigenvalue weighted by Crippen LogP contribution is 2.47. The molecule has 0 aromatic heterocycles. The van der Waals surface area contributed by atoms with Gasteiger partial charge in [-0.2, -0.15) is 0 Å². The zero-order valence-electron chi connectivity index (χ0n) is 24.8. The Bertz CT molecular complexity index is 2190. The molecule has 0 atom stereocenters. The second-order valence-electron chi connectivity index (χ2n) is 11.4. The van der Waals surface area contributed by atoms with Crippen molar-refractivity contribution in [2.24, 2.45) is 0 Å². The van der Waals surface area contributed by atoms with Crippen molar-refractivity contribution in [1.82, 2.24) is 0 Å². The lowest BCUT2D eigenvalue weighted by Gasteiger charge is -2.30. The minimum Gasteiger partial charge on any atom is -0.310 e. The average molecular weight is 574 g/mol. The third-order valence-electron chi connectivity index (χ3n) is 8.61. The van der Waals surface area contributed by atoms with Gasteiger partial charge in [0.25, 0.3) is 0 Å². The molecular weight excluding hydrogens is 542 g/mol. The maximum absolute atomic E-state index is 2.43. The monoisotopic (exact) mass is 573 g/mol. The van der Waals surface area contributed by atoms with Gasteiger partial charge in [0.2, 0.25) is 0 Å². The summed E-state index contributed by atoms with van der Waals surface area (Å²) in [5, 5.41) is 4.93. The minimum atomic E-state index is 1.11. The maximum Gasteiger partial charge on any atom is 0.0546 e. The number of benzene rings is 8. The molecule has 1 heteroatoms. The molecule has 45 heavy (non-hydrogen) atoms. The Balaban J connectivity index is 1.46. The zero-order chi connectivity index (χ0) is 30.0. The molecule has 0 aliphatic heterocycles. The summed E-state index contributed by atoms with van der Waals surface area (Å²) in [6.45, 7) is 0. The van der Waals surface area contributed by atoms with Gasteiger partial charge in [0.15, 0.2) is 0 Å². The van der Waals surface area contributed by atoms with Gasteiger partial charge in [-0.1, -0.05) is 152 Å². The topological polar surface area (TPSA) is 3.24 Å². The molecule has 0 spiro atoms. The molecular formula is C44H31N. The Morgan fingerprint density at radius 3 is 1.47 bits per heavy atom. The fourth-order valence-electron chi connectivity index (χ4n) is 6.51. The molecule has 8 rings (SSSR count). The standard InChI is InChI=1S/C44H31N/c1-4-15-32(16-5-1)36-29-37(33-17-6-2-7-18-33)31-39(30-36)45(38-22-8-3-9-23-38)43-28-27-35-20-11-13-25-41(35)44(43)42-26-14-21-34-19-10-12-24-40(34)42/h1-31H. The van der Waals surface area contributed by atoms with E-state index >= 15 is 0 Å². The van der Waals surface area contributed by atoms with E-state index in [1.807, 2.05) is 0 Å². The van der Waals surface area contributed by atoms with Crippen LogP contribution in [0.5, 0.6) is 0 Å². The molecule has 8 aromatic rings. The highest BCUT2D eigenvalue weighted by Gasteiger charge is 2.21. The van der Waals surface area contributed by atoms with E-state index in [1.54, 1.807) is 0 Å². The van der Waals surface area contributed by atoms with Crippen LogP contribution in [-0.2, 0) is 0 Å². The number of anilines is 3. The first-order chi connectivity index (χ1) is 22.3. The summed E-state index contributed by atoms with van der Waals surface area (Å²) in [6.07, 6.45) is 0. The van der Waals surface area contributed by atoms with Gasteiger partial charge in [0.1, 0.15) is 0 Å². The van der Waals surface area contributed by atoms with E-state index in [-0.39, 0.29) is 0 Å². The van der Waals surface area contributed by atoms with Gasteiger partial charge in [-0.15, -0.1) is 0 Å². The Labute approximate surface area is 264 Å². The number of hydrogen-bond acceptors (Lipinski definition) is 1. The van der Waals surface area contributed by atoms with Crippen molar-refractivity contribution in [1.29, 1.82) is 0 Å². The van der Waals surface area contributed by atoms with Gasteiger partial charge in [-0.05, 0) is 85.8 Å². The minimum absolute atomic E-state index is 1.11. The van der Waals surface area contributed by atoms with Crippen LogP contribution in [0, 0.1) is 0 Å². The summed E-state index contributed by atoms with van der Waals surface area (Å²) in [7, 11) is 0. The third kappa shape index (κ3) is 5.05. The van der Waals surface area contributed by atoms with Crippen LogP contribution in [0.1, 0.15) is 0 Å². The Morgan fingerprint density at radius 2 is 0.822 bits per heavy atom. The van der Waals surface area contributed by atoms with E-state index in [0.29, 0.717) is 0 Å². The SMILES string of the molecule is c1ccc(-c2cc(-c3ccccc3)cc(N(c3ccccc3)c3ccc4ccccc4c3-c3cccc4ccccc34)c2)cc1. The highest BCUT2D eigenvalue weighted by molar-refractivity contribution is 6.11. The predicted molar refractivity (Wildman–Crippen MR) is 192 cm³/mol. The van der Waals surface area contributed by atoms with Crippen LogP contribution in [0.25, 0.3) is 54.9 Å². The van der Waals surface area contributed by atoms with Gasteiger partial charge in [-0.3, -0.25) is 0 Å². The molecule has 0 fully saturated rings. The molecule has 212 valence electrons. The molecule has 8 aromatic carbocycles. The van der Waals surface area contributed by atoms with Crippen LogP contribution >= 0.6 is 0 Å². The summed E-state index contributed by atoms with van der Waals surface area (Å²) >= 11 is 0. The lowest BCUT2D eigenvalue weighted by Crippen LogP contribution is -2.12. The molecule has 1 nitrogen and oxygen atoms in total. The fourth-order valence-corrected chi connectivity index (χ4v) is 6.51. The predicted octanol–water partition coefficient (Wildman–Crippen LogP) is 12.5. The van der Waals surface area contributed by atoms with Crippen LogP contribution in [0.2, 0.25) is 0 Å². The molecule has 0 unspecified atom stereocenters. The smallest absolute Gasteiger partial charge is 0.0546 e. The first-order valence-corrected chi connectivity index (χ1v) is 15.4. The quantitative estimate of drug-likeness (QED) is 0.191. The first-order valence-electron chi connectivity index (χ1n) is 15.4. The molecule has 0 saturated carbocycles. The molecule has 0 N–H and O–H groups in total. The van der Waals surface area contributed by atoms with Crippen LogP contribution in [-0.4, -0.2) is 0 Å². The van der Waals surface area contributed by atoms with Gasteiger partial charge in [-0.25, -0.2) is 0 Å². The zero-order valence-corrected chi connectivity index (χ0v) is 24.8. The van der Waals surface area contributed by atoms with E-state index < -0.39 is 0 Å². The van der Waals surface area contributed by atoms with Crippen molar-refractivity contribution in [2.45, 2.75) is 0 Å². The normalized spacial score (nSPS) is 11.1. The van der Waals surface area contributed by atoms with Crippen molar-refractivity contribution >= 4 is 38.6 Å². The van der Waals surface area contributed by atoms with E-state index in [0.717, 1.165) is 17.1 Å². The van der Waals surface area contributed by atoms with Crippen molar-refractivity contribution < 1.29 is 0 Å². The molecule has 0 saturated heterocycles. The fraction of sp³-hybridized carbons (Fsp3) is 0. The summed E-state index contributed by atoms with van der Waals surface area (Å²) in [5.74, 6) is 0. The van der Waals surface area contributed by atoms with E-state index in [9.17, 15) is 0 Å². The Hall–Kier alpha value is -5.92. The number of rotatable bonds is 6. The van der Waals surface area contributed by atoms with Crippen LogP contribution in [0.4, 0.5) is 17.1 Å². The average Bonchev–Trinajstić information content (AvgIpc) is 3.12. The number of nitrogens with zero attached hydrogens (tertiary/aromatic N) is 1. The van der Waals surface area contributed by atoms with E-state index in [1.165, 1.54) is 54.9 Å². The van der Waals surface area contributed by atoms with Crippen LogP contribution in [0.15, 0.2) is 188 Å². The molecule has 0 aliphatic rings. The van der Waals surface area contributed by atoms with E-state index in [4.69, 9.17) is 0 Å². The molecule has 0 aliphatic carbocycles. The molecule has 0 radical (unpaired) electrons. The number of hydrogen-bond donors (Lipinski definition) is 0. The van der Waals surface area contributed by atoms with Crippen molar-refractivity contribution in [2.75, 3.05) is 4.90 Å². The van der Waals surface area contributed by atoms with Gasteiger partial charge >= 0.3 is 0 Å². The summed E-state index contributed by atoms with van der Waals surface area (Å²) in [4.78, 5) is 2.43. The van der Waals surface area contributed by atoms with Crippen LogP contribution in [0.3, 0.4) is 0 Å². The molecule has 0 bridgehead atoms. The van der Waals surface area contributed by atoms with Crippen LogP contribution < -0.4 is 4.90 Å². The third-order valence-corrected chi connectivity index (χ3v) is 8.61. The molecule has 0 amide bonds. The van der Waals surface area contributed by atoms with E-state index in [2.05, 4.69) is 193 Å². The Kier molecular flexibility index (Phi) is 6.90. The van der Waals surface area contributed by atoms with Gasteiger partial charge < -0.3 is 4.90 Å². The lowest BCUT2D eigenvalue weighted by atomic mass is 9.91. The highest BCUT2D eigenvalue weighted by atomic mass is 15.1. The van der Waals surface area contributed by atoms with Crippen molar-refractivity contribution in [3.8, 4) is 33.4 Å². The molecule has 0 heterocycles. The first kappa shape index (κ1) is 26.7. The summed E-state index contributed by atoms with van der Waals surface area (Å²) in [5.41, 5.74) is 10.6. The maximum atomic E-state index is 2.43.